The molecular formula is C10H11Cl3. The molecule has 0 saturated carbocycles. The van der Waals surface area contributed by atoms with Gasteiger partial charge in [0.05, 0.1) is 10.0 Å². The van der Waals surface area contributed by atoms with Crippen LogP contribution in [0, 0.1) is 0 Å². The predicted molar refractivity (Wildman–Crippen MR) is 60.2 cm³/mol. The van der Waals surface area contributed by atoms with Gasteiger partial charge in [0, 0.05) is 11.3 Å². The second-order valence-corrected chi connectivity index (χ2v) is 4.67. The quantitative estimate of drug-likeness (QED) is 0.664. The third kappa shape index (κ3) is 2.31. The van der Waals surface area contributed by atoms with Crippen molar-refractivity contribution in [2.75, 3.05) is 5.88 Å². The Kier molecular flexibility index (Phi) is 3.50. The van der Waals surface area contributed by atoms with Crippen LogP contribution in [0.5, 0.6) is 0 Å². The summed E-state index contributed by atoms with van der Waals surface area (Å²) in [5.41, 5.74) is 0.862. The second-order valence-electron chi connectivity index (χ2n) is 3.62. The van der Waals surface area contributed by atoms with E-state index in [-0.39, 0.29) is 5.41 Å². The van der Waals surface area contributed by atoms with E-state index in [4.69, 9.17) is 34.8 Å². The topological polar surface area (TPSA) is 0 Å². The van der Waals surface area contributed by atoms with Crippen LogP contribution in [-0.2, 0) is 5.41 Å². The highest BCUT2D eigenvalue weighted by molar-refractivity contribution is 6.42. The van der Waals surface area contributed by atoms with E-state index in [2.05, 4.69) is 0 Å². The van der Waals surface area contributed by atoms with Crippen LogP contribution in [-0.4, -0.2) is 5.88 Å². The molecule has 0 radical (unpaired) electrons. The Labute approximate surface area is 93.8 Å². The lowest BCUT2D eigenvalue weighted by Gasteiger charge is -2.23. The summed E-state index contributed by atoms with van der Waals surface area (Å²) >= 11 is 17.8. The lowest BCUT2D eigenvalue weighted by molar-refractivity contribution is 0.598. The van der Waals surface area contributed by atoms with Crippen LogP contribution in [0.3, 0.4) is 0 Å². The van der Waals surface area contributed by atoms with E-state index in [1.165, 1.54) is 0 Å². The van der Waals surface area contributed by atoms with Crippen molar-refractivity contribution in [3.05, 3.63) is 33.8 Å². The van der Waals surface area contributed by atoms with Gasteiger partial charge in [-0.25, -0.2) is 0 Å². The normalized spacial score (nSPS) is 11.8. The molecule has 1 aromatic rings. The van der Waals surface area contributed by atoms with Gasteiger partial charge in [0.25, 0.3) is 0 Å². The minimum Gasteiger partial charge on any atom is -0.126 e. The summed E-state index contributed by atoms with van der Waals surface area (Å²) in [6, 6.07) is 5.62. The van der Waals surface area contributed by atoms with Gasteiger partial charge in [-0.3, -0.25) is 0 Å². The summed E-state index contributed by atoms with van der Waals surface area (Å²) in [4.78, 5) is 0. The molecule has 0 bridgehead atoms. The van der Waals surface area contributed by atoms with Crippen molar-refractivity contribution in [3.8, 4) is 0 Å². The molecule has 0 N–H and O–H groups in total. The Balaban J connectivity index is 3.22. The Bertz CT molecular complexity index is 305. The van der Waals surface area contributed by atoms with Gasteiger partial charge in [-0.05, 0) is 11.6 Å². The molecule has 3 heteroatoms. The van der Waals surface area contributed by atoms with Crippen molar-refractivity contribution >= 4 is 34.8 Å². The molecule has 0 saturated heterocycles. The van der Waals surface area contributed by atoms with Gasteiger partial charge in [0.1, 0.15) is 0 Å². The molecule has 0 aliphatic heterocycles. The van der Waals surface area contributed by atoms with E-state index >= 15 is 0 Å². The van der Waals surface area contributed by atoms with Crippen LogP contribution >= 0.6 is 34.8 Å². The van der Waals surface area contributed by atoms with Crippen molar-refractivity contribution in [1.82, 2.24) is 0 Å². The number of halogens is 3. The lowest BCUT2D eigenvalue weighted by atomic mass is 9.87. The van der Waals surface area contributed by atoms with Gasteiger partial charge in [-0.15, -0.1) is 11.6 Å². The highest BCUT2D eigenvalue weighted by Crippen LogP contribution is 2.34. The molecule has 13 heavy (non-hydrogen) atoms. The maximum Gasteiger partial charge on any atom is 0.0630 e. The zero-order chi connectivity index (χ0) is 10.1. The first-order valence-electron chi connectivity index (χ1n) is 3.99. The molecule has 0 aliphatic carbocycles. The highest BCUT2D eigenvalue weighted by atomic mass is 35.5. The van der Waals surface area contributed by atoms with Crippen LogP contribution in [0.15, 0.2) is 18.2 Å². The van der Waals surface area contributed by atoms with E-state index in [1.54, 1.807) is 6.07 Å². The average molecular weight is 238 g/mol. The van der Waals surface area contributed by atoms with Gasteiger partial charge in [-0.1, -0.05) is 49.2 Å². The fourth-order valence-corrected chi connectivity index (χ4v) is 1.80. The second kappa shape index (κ2) is 4.08. The summed E-state index contributed by atoms with van der Waals surface area (Å²) < 4.78 is 0. The minimum atomic E-state index is -0.135. The Morgan fingerprint density at radius 2 is 1.85 bits per heavy atom. The van der Waals surface area contributed by atoms with Gasteiger partial charge < -0.3 is 0 Å². The van der Waals surface area contributed by atoms with Gasteiger partial charge in [0.2, 0.25) is 0 Å². The molecular weight excluding hydrogens is 226 g/mol. The summed E-state index contributed by atoms with van der Waals surface area (Å²) in [5.74, 6) is 0.521. The third-order valence-corrected chi connectivity index (χ3v) is 3.50. The third-order valence-electron chi connectivity index (χ3n) is 2.01. The molecule has 0 atom stereocenters. The fraction of sp³-hybridized carbons (Fsp3) is 0.400. The number of hydrogen-bond donors (Lipinski definition) is 0. The predicted octanol–water partition coefficient (Wildman–Crippen LogP) is 4.51. The number of rotatable bonds is 2. The van der Waals surface area contributed by atoms with E-state index in [0.717, 1.165) is 5.56 Å². The number of alkyl halides is 1. The molecule has 0 heterocycles. The van der Waals surface area contributed by atoms with E-state index in [0.29, 0.717) is 15.9 Å². The van der Waals surface area contributed by atoms with Gasteiger partial charge in [0.15, 0.2) is 0 Å². The summed E-state index contributed by atoms with van der Waals surface area (Å²) in [5, 5.41) is 1.19. The first-order chi connectivity index (χ1) is 5.99. The molecule has 0 amide bonds. The zero-order valence-electron chi connectivity index (χ0n) is 7.57. The molecule has 0 spiro atoms. The fourth-order valence-electron chi connectivity index (χ4n) is 1.10. The van der Waals surface area contributed by atoms with Crippen LogP contribution in [0.2, 0.25) is 10.0 Å². The molecule has 1 rings (SSSR count). The van der Waals surface area contributed by atoms with Gasteiger partial charge in [-0.2, -0.15) is 0 Å². The summed E-state index contributed by atoms with van der Waals surface area (Å²) in [6.45, 7) is 4.08. The molecule has 0 fully saturated rings. The van der Waals surface area contributed by atoms with Crippen LogP contribution in [0.1, 0.15) is 19.4 Å². The molecule has 72 valence electrons. The maximum atomic E-state index is 6.07. The number of benzene rings is 1. The smallest absolute Gasteiger partial charge is 0.0630 e. The van der Waals surface area contributed by atoms with E-state index in [9.17, 15) is 0 Å². The SMILES string of the molecule is CC(C)(CCl)c1cccc(Cl)c1Cl. The highest BCUT2D eigenvalue weighted by Gasteiger charge is 2.22. The molecule has 0 unspecified atom stereocenters. The average Bonchev–Trinajstić information content (AvgIpc) is 2.09. The Morgan fingerprint density at radius 3 is 2.38 bits per heavy atom. The van der Waals surface area contributed by atoms with Crippen molar-refractivity contribution in [2.45, 2.75) is 19.3 Å². The monoisotopic (exact) mass is 236 g/mol. The van der Waals surface area contributed by atoms with E-state index in [1.807, 2.05) is 26.0 Å². The largest absolute Gasteiger partial charge is 0.126 e. The summed E-state index contributed by atoms with van der Waals surface area (Å²) in [6.07, 6.45) is 0. The van der Waals surface area contributed by atoms with Crippen LogP contribution in [0.4, 0.5) is 0 Å². The molecule has 0 nitrogen and oxygen atoms in total. The van der Waals surface area contributed by atoms with Crippen LogP contribution < -0.4 is 0 Å². The van der Waals surface area contributed by atoms with E-state index < -0.39 is 0 Å². The van der Waals surface area contributed by atoms with Crippen molar-refractivity contribution < 1.29 is 0 Å². The van der Waals surface area contributed by atoms with Crippen LogP contribution in [0.25, 0.3) is 0 Å². The van der Waals surface area contributed by atoms with Crippen molar-refractivity contribution in [1.29, 1.82) is 0 Å². The molecule has 0 aromatic heterocycles. The minimum absolute atomic E-state index is 0.135. The molecule has 1 aromatic carbocycles. The maximum absolute atomic E-state index is 6.07. The lowest BCUT2D eigenvalue weighted by Crippen LogP contribution is -2.19. The van der Waals surface area contributed by atoms with Crippen molar-refractivity contribution in [2.24, 2.45) is 0 Å². The Hall–Kier alpha value is 0.0900. The summed E-state index contributed by atoms with van der Waals surface area (Å²) in [7, 11) is 0. The van der Waals surface area contributed by atoms with Gasteiger partial charge >= 0.3 is 0 Å². The van der Waals surface area contributed by atoms with Crippen molar-refractivity contribution in [3.63, 3.8) is 0 Å². The first kappa shape index (κ1) is 11.2. The molecule has 0 aliphatic rings. The Morgan fingerprint density at radius 1 is 1.23 bits per heavy atom. The zero-order valence-corrected chi connectivity index (χ0v) is 9.84. The first-order valence-corrected chi connectivity index (χ1v) is 5.28. The standard InChI is InChI=1S/C10H11Cl3/c1-10(2,6-11)7-4-3-5-8(12)9(7)13/h3-5H,6H2,1-2H3. The number of hydrogen-bond acceptors (Lipinski definition) is 0.